The van der Waals surface area contributed by atoms with Gasteiger partial charge in [-0.3, -0.25) is 9.78 Å². The van der Waals surface area contributed by atoms with Gasteiger partial charge in [-0.25, -0.2) is 0 Å². The molecular formula is C41H43N3O6. The molecule has 9 heteroatoms. The van der Waals surface area contributed by atoms with Crippen LogP contribution in [0.3, 0.4) is 0 Å². The van der Waals surface area contributed by atoms with Gasteiger partial charge >= 0.3 is 0 Å². The van der Waals surface area contributed by atoms with E-state index in [9.17, 15) is 20.1 Å². The summed E-state index contributed by atoms with van der Waals surface area (Å²) in [6.07, 6.45) is 1.21. The lowest BCUT2D eigenvalue weighted by molar-refractivity contribution is -0.276. The minimum Gasteiger partial charge on any atom is -0.508 e. The Morgan fingerprint density at radius 3 is 2.38 bits per heavy atom. The fourth-order valence-electron chi connectivity index (χ4n) is 6.35. The van der Waals surface area contributed by atoms with Crippen LogP contribution in [0.5, 0.6) is 5.75 Å². The van der Waals surface area contributed by atoms with E-state index in [-0.39, 0.29) is 36.4 Å². The van der Waals surface area contributed by atoms with Gasteiger partial charge in [0.15, 0.2) is 6.29 Å². The van der Waals surface area contributed by atoms with Gasteiger partial charge in [-0.2, -0.15) is 0 Å². The van der Waals surface area contributed by atoms with E-state index in [1.807, 2.05) is 72.6 Å². The first-order valence-electron chi connectivity index (χ1n) is 16.8. The number of pyridine rings is 1. The molecule has 1 fully saturated rings. The minimum absolute atomic E-state index is 0.0340. The predicted octanol–water partition coefficient (Wildman–Crippen LogP) is 6.33. The third-order valence-electron chi connectivity index (χ3n) is 9.15. The Hall–Kier alpha value is -4.90. The molecule has 1 aliphatic heterocycles. The number of aliphatic hydroxyl groups excluding tert-OH is 2. The van der Waals surface area contributed by atoms with Crippen molar-refractivity contribution in [2.75, 3.05) is 20.1 Å². The molecule has 5 aromatic rings. The van der Waals surface area contributed by atoms with Crippen molar-refractivity contribution in [1.29, 1.82) is 0 Å². The monoisotopic (exact) mass is 673 g/mol. The Morgan fingerprint density at radius 2 is 1.64 bits per heavy atom. The van der Waals surface area contributed by atoms with E-state index < -0.39 is 12.4 Å². The van der Waals surface area contributed by atoms with Crippen LogP contribution in [-0.2, 0) is 22.6 Å². The lowest BCUT2D eigenvalue weighted by Gasteiger charge is -2.42. The number of nitrogens with zero attached hydrogens (tertiary/aromatic N) is 2. The van der Waals surface area contributed by atoms with Gasteiger partial charge < -0.3 is 35.0 Å². The highest BCUT2D eigenvalue weighted by Gasteiger charge is 2.39. The van der Waals surface area contributed by atoms with Gasteiger partial charge in [0.05, 0.1) is 30.5 Å². The maximum Gasteiger partial charge on any atom is 0.253 e. The number of carbonyl (C=O) groups is 1. The molecule has 4 aromatic carbocycles. The van der Waals surface area contributed by atoms with Crippen molar-refractivity contribution < 1.29 is 29.6 Å². The number of carbonyl (C=O) groups excluding carboxylic acids is 1. The first-order chi connectivity index (χ1) is 24.3. The maximum absolute atomic E-state index is 12.6. The van der Waals surface area contributed by atoms with Gasteiger partial charge in [0.1, 0.15) is 5.75 Å². The molecule has 1 saturated heterocycles. The zero-order valence-electron chi connectivity index (χ0n) is 28.2. The van der Waals surface area contributed by atoms with Crippen LogP contribution in [0.2, 0.25) is 0 Å². The molecule has 6 rings (SSSR count). The van der Waals surface area contributed by atoms with Gasteiger partial charge in [-0.1, -0.05) is 79.7 Å². The quantitative estimate of drug-likeness (QED) is 0.121. The zero-order valence-corrected chi connectivity index (χ0v) is 28.2. The fraction of sp³-hybridized carbons (Fsp3) is 0.268. The van der Waals surface area contributed by atoms with E-state index in [2.05, 4.69) is 29.4 Å². The number of phenolic OH excluding ortho intramolecular Hbond substituents is 1. The number of hydrogen-bond acceptors (Lipinski definition) is 8. The van der Waals surface area contributed by atoms with Crippen molar-refractivity contribution >= 4 is 5.91 Å². The van der Waals surface area contributed by atoms with E-state index >= 15 is 0 Å². The number of aliphatic hydroxyl groups is 2. The second-order valence-corrected chi connectivity index (χ2v) is 12.9. The summed E-state index contributed by atoms with van der Waals surface area (Å²) in [5.74, 6) is -0.0978. The third kappa shape index (κ3) is 8.63. The van der Waals surface area contributed by atoms with Crippen molar-refractivity contribution in [3.63, 3.8) is 0 Å². The number of benzene rings is 4. The van der Waals surface area contributed by atoms with E-state index in [1.54, 1.807) is 48.8 Å². The van der Waals surface area contributed by atoms with Crippen LogP contribution in [0, 0.1) is 5.92 Å². The Kier molecular flexibility index (Phi) is 11.3. The Morgan fingerprint density at radius 1 is 0.880 bits per heavy atom. The number of rotatable bonds is 12. The molecule has 0 radical (unpaired) electrons. The molecule has 5 atom stereocenters. The molecule has 4 N–H and O–H groups in total. The van der Waals surface area contributed by atoms with Crippen molar-refractivity contribution in [2.45, 2.75) is 44.7 Å². The summed E-state index contributed by atoms with van der Waals surface area (Å²) in [7, 11) is 1.95. The maximum atomic E-state index is 12.6. The molecule has 9 nitrogen and oxygen atoms in total. The predicted molar refractivity (Wildman–Crippen MR) is 191 cm³/mol. The van der Waals surface area contributed by atoms with E-state index in [0.717, 1.165) is 33.4 Å². The summed E-state index contributed by atoms with van der Waals surface area (Å²) in [6.45, 7) is 3.34. The second-order valence-electron chi connectivity index (χ2n) is 12.9. The molecule has 2 heterocycles. The molecule has 0 bridgehead atoms. The number of hydrogen-bond donors (Lipinski definition) is 4. The minimum atomic E-state index is -0.782. The smallest absolute Gasteiger partial charge is 0.253 e. The van der Waals surface area contributed by atoms with Gasteiger partial charge in [0, 0.05) is 43.5 Å². The number of nitrogens with one attached hydrogen (secondary N) is 1. The van der Waals surface area contributed by atoms with Crippen LogP contribution in [0.15, 0.2) is 122 Å². The highest BCUT2D eigenvalue weighted by molar-refractivity contribution is 5.93. The molecule has 50 heavy (non-hydrogen) atoms. The van der Waals surface area contributed by atoms with Gasteiger partial charge in [0.2, 0.25) is 0 Å². The molecule has 0 saturated carbocycles. The first-order valence-corrected chi connectivity index (χ1v) is 16.8. The largest absolute Gasteiger partial charge is 0.508 e. The van der Waals surface area contributed by atoms with E-state index in [0.29, 0.717) is 30.8 Å². The SMILES string of the molecule is CC1C(CN(C)CC(O)c2cccc(O)c2)OC(c2cccc(-c3cccc(CNC(=O)c4cccnc4)c3)c2)OC1c1ccc(CO)cc1. The van der Waals surface area contributed by atoms with Crippen LogP contribution in [0.1, 0.15) is 63.6 Å². The van der Waals surface area contributed by atoms with E-state index in [4.69, 9.17) is 9.47 Å². The molecule has 258 valence electrons. The zero-order chi connectivity index (χ0) is 35.0. The standard InChI is InChI=1S/C41H43N3O6/c1-27-38(25-44(2)24-37(47)33-10-5-13-36(46)21-33)49-41(50-39(27)30-16-14-28(26-45)15-17-30)34-11-4-9-32(20-34)31-8-3-7-29(19-31)22-43-40(48)35-12-6-18-42-23-35/h3-21,23,27,37-39,41,45-47H,22,24-26H2,1-2H3,(H,43,48). The number of phenols is 1. The topological polar surface area (TPSA) is 124 Å². The van der Waals surface area contributed by atoms with Crippen LogP contribution in [0.25, 0.3) is 11.1 Å². The molecule has 0 aliphatic carbocycles. The van der Waals surface area contributed by atoms with Crippen LogP contribution < -0.4 is 5.32 Å². The van der Waals surface area contributed by atoms with Crippen LogP contribution in [0.4, 0.5) is 0 Å². The molecule has 1 aromatic heterocycles. The van der Waals surface area contributed by atoms with Crippen LogP contribution >= 0.6 is 0 Å². The van der Waals surface area contributed by atoms with Crippen LogP contribution in [-0.4, -0.2) is 57.4 Å². The summed E-state index contributed by atoms with van der Waals surface area (Å²) in [6, 6.07) is 34.2. The van der Waals surface area contributed by atoms with Crippen molar-refractivity contribution in [3.05, 3.63) is 155 Å². The number of aromatic hydroxyl groups is 1. The normalized spacial score (nSPS) is 19.6. The summed E-state index contributed by atoms with van der Waals surface area (Å²) in [5, 5.41) is 33.4. The average Bonchev–Trinajstić information content (AvgIpc) is 3.15. The molecule has 1 aliphatic rings. The third-order valence-corrected chi connectivity index (χ3v) is 9.15. The molecular weight excluding hydrogens is 630 g/mol. The second kappa shape index (κ2) is 16.2. The summed E-state index contributed by atoms with van der Waals surface area (Å²) in [4.78, 5) is 18.7. The van der Waals surface area contributed by atoms with Gasteiger partial charge in [-0.05, 0) is 76.8 Å². The number of amides is 1. The lowest BCUT2D eigenvalue weighted by Crippen LogP contribution is -2.44. The van der Waals surface area contributed by atoms with Gasteiger partial charge in [0.25, 0.3) is 5.91 Å². The summed E-state index contributed by atoms with van der Waals surface area (Å²) >= 11 is 0. The fourth-order valence-corrected chi connectivity index (χ4v) is 6.35. The van der Waals surface area contributed by atoms with Crippen molar-refractivity contribution in [3.8, 4) is 16.9 Å². The summed E-state index contributed by atoms with van der Waals surface area (Å²) < 4.78 is 13.4. The molecule has 0 spiro atoms. The number of aromatic nitrogens is 1. The van der Waals surface area contributed by atoms with Crippen molar-refractivity contribution in [2.24, 2.45) is 5.92 Å². The van der Waals surface area contributed by atoms with Crippen molar-refractivity contribution in [1.82, 2.24) is 15.2 Å². The Bertz CT molecular complexity index is 1870. The molecule has 1 amide bonds. The molecule has 5 unspecified atom stereocenters. The first kappa shape index (κ1) is 34.9. The highest BCUT2D eigenvalue weighted by Crippen LogP contribution is 2.42. The lowest BCUT2D eigenvalue weighted by atomic mass is 9.89. The number of ether oxygens (including phenoxy) is 2. The van der Waals surface area contributed by atoms with E-state index in [1.165, 1.54) is 0 Å². The number of likely N-dealkylation sites (N-methyl/N-ethyl adjacent to an activating group) is 1. The average molecular weight is 674 g/mol. The Labute approximate surface area is 292 Å². The van der Waals surface area contributed by atoms with Gasteiger partial charge in [-0.15, -0.1) is 0 Å². The highest BCUT2D eigenvalue weighted by atomic mass is 16.7. The summed E-state index contributed by atoms with van der Waals surface area (Å²) in [5.41, 5.74) is 6.80. The Balaban J connectivity index is 1.21.